The summed E-state index contributed by atoms with van der Waals surface area (Å²) >= 11 is 0. The number of rotatable bonds is 1. The van der Waals surface area contributed by atoms with Crippen molar-refractivity contribution < 1.29 is 9.90 Å². The first-order valence-electron chi connectivity index (χ1n) is 4.47. The summed E-state index contributed by atoms with van der Waals surface area (Å²) in [5, 5.41) is 9.05. The SMILES string of the molecule is Cc1c(C)c(C(=O)O)c(C)c(C)c1N. The quantitative estimate of drug-likeness (QED) is 0.672. The average Bonchev–Trinajstić information content (AvgIpc) is 2.11. The van der Waals surface area contributed by atoms with Crippen LogP contribution in [0, 0.1) is 27.7 Å². The van der Waals surface area contributed by atoms with Gasteiger partial charge in [0, 0.05) is 5.69 Å². The van der Waals surface area contributed by atoms with Crippen molar-refractivity contribution in [2.75, 3.05) is 5.73 Å². The average molecular weight is 193 g/mol. The van der Waals surface area contributed by atoms with Crippen LogP contribution in [0.3, 0.4) is 0 Å². The van der Waals surface area contributed by atoms with Gasteiger partial charge >= 0.3 is 5.97 Å². The van der Waals surface area contributed by atoms with Crippen molar-refractivity contribution in [3.63, 3.8) is 0 Å². The van der Waals surface area contributed by atoms with E-state index in [1.807, 2.05) is 13.8 Å². The van der Waals surface area contributed by atoms with E-state index in [-0.39, 0.29) is 0 Å². The first-order chi connectivity index (χ1) is 6.37. The molecule has 0 unspecified atom stereocenters. The molecule has 0 saturated carbocycles. The first-order valence-corrected chi connectivity index (χ1v) is 4.47. The van der Waals surface area contributed by atoms with Crippen LogP contribution in [0.4, 0.5) is 5.69 Å². The van der Waals surface area contributed by atoms with Gasteiger partial charge in [0.2, 0.25) is 0 Å². The molecule has 3 nitrogen and oxygen atoms in total. The highest BCUT2D eigenvalue weighted by atomic mass is 16.4. The topological polar surface area (TPSA) is 63.3 Å². The van der Waals surface area contributed by atoms with Crippen molar-refractivity contribution in [3.05, 3.63) is 27.8 Å². The zero-order valence-corrected chi connectivity index (χ0v) is 8.93. The molecule has 1 aromatic carbocycles. The lowest BCUT2D eigenvalue weighted by molar-refractivity contribution is 0.0695. The molecule has 0 atom stereocenters. The van der Waals surface area contributed by atoms with Crippen molar-refractivity contribution >= 4 is 11.7 Å². The number of aromatic carboxylic acids is 1. The highest BCUT2D eigenvalue weighted by Gasteiger charge is 2.17. The first kappa shape index (κ1) is 10.6. The Balaban J connectivity index is 3.68. The van der Waals surface area contributed by atoms with E-state index in [4.69, 9.17) is 10.8 Å². The number of nitrogen functional groups attached to an aromatic ring is 1. The second kappa shape index (κ2) is 3.33. The standard InChI is InChI=1S/C11H15NO2/c1-5-7(3)10(12)8(4)6(2)9(5)11(13)14/h12H2,1-4H3,(H,13,14). The predicted molar refractivity (Wildman–Crippen MR) is 56.8 cm³/mol. The highest BCUT2D eigenvalue weighted by Crippen LogP contribution is 2.28. The molecule has 0 aliphatic carbocycles. The zero-order valence-electron chi connectivity index (χ0n) is 8.93. The second-order valence-corrected chi connectivity index (χ2v) is 3.59. The molecular formula is C11H15NO2. The van der Waals surface area contributed by atoms with Gasteiger partial charge in [-0.25, -0.2) is 4.79 Å². The number of anilines is 1. The monoisotopic (exact) mass is 193 g/mol. The second-order valence-electron chi connectivity index (χ2n) is 3.59. The van der Waals surface area contributed by atoms with Crippen molar-refractivity contribution in [1.82, 2.24) is 0 Å². The molecule has 0 fully saturated rings. The van der Waals surface area contributed by atoms with Crippen LogP contribution in [0.1, 0.15) is 32.6 Å². The lowest BCUT2D eigenvalue weighted by Crippen LogP contribution is -2.09. The molecule has 0 bridgehead atoms. The van der Waals surface area contributed by atoms with E-state index < -0.39 is 5.97 Å². The van der Waals surface area contributed by atoms with Gasteiger partial charge in [0.1, 0.15) is 0 Å². The number of carboxylic acid groups (broad SMARTS) is 1. The largest absolute Gasteiger partial charge is 0.478 e. The maximum absolute atomic E-state index is 11.0. The normalized spacial score (nSPS) is 10.3. The third kappa shape index (κ3) is 1.35. The minimum Gasteiger partial charge on any atom is -0.478 e. The number of benzene rings is 1. The Kier molecular flexibility index (Phi) is 2.51. The van der Waals surface area contributed by atoms with Crippen LogP contribution in [-0.4, -0.2) is 11.1 Å². The van der Waals surface area contributed by atoms with Crippen LogP contribution in [0.15, 0.2) is 0 Å². The van der Waals surface area contributed by atoms with Gasteiger partial charge in [-0.1, -0.05) is 0 Å². The summed E-state index contributed by atoms with van der Waals surface area (Å²) in [6.45, 7) is 7.29. The summed E-state index contributed by atoms with van der Waals surface area (Å²) in [5.41, 5.74) is 10.2. The van der Waals surface area contributed by atoms with E-state index in [1.54, 1.807) is 13.8 Å². The maximum atomic E-state index is 11.0. The summed E-state index contributed by atoms with van der Waals surface area (Å²) in [6, 6.07) is 0. The number of carbonyl (C=O) groups is 1. The number of hydrogen-bond donors (Lipinski definition) is 2. The lowest BCUT2D eigenvalue weighted by atomic mass is 9.92. The Hall–Kier alpha value is -1.51. The van der Waals surface area contributed by atoms with Crippen LogP contribution < -0.4 is 5.73 Å². The molecule has 0 aromatic heterocycles. The highest BCUT2D eigenvalue weighted by molar-refractivity contribution is 5.93. The Morgan fingerprint density at radius 1 is 1.00 bits per heavy atom. The fourth-order valence-corrected chi connectivity index (χ4v) is 1.66. The van der Waals surface area contributed by atoms with Crippen molar-refractivity contribution in [2.24, 2.45) is 0 Å². The fraction of sp³-hybridized carbons (Fsp3) is 0.364. The molecule has 0 aliphatic heterocycles. The van der Waals surface area contributed by atoms with Gasteiger partial charge in [-0.3, -0.25) is 0 Å². The Bertz CT molecular complexity index is 379. The van der Waals surface area contributed by atoms with E-state index >= 15 is 0 Å². The van der Waals surface area contributed by atoms with Gasteiger partial charge in [0.25, 0.3) is 0 Å². The third-order valence-electron chi connectivity index (χ3n) is 2.90. The minimum atomic E-state index is -0.883. The van der Waals surface area contributed by atoms with Crippen molar-refractivity contribution in [2.45, 2.75) is 27.7 Å². The zero-order chi connectivity index (χ0) is 11.0. The maximum Gasteiger partial charge on any atom is 0.336 e. The van der Waals surface area contributed by atoms with Crippen LogP contribution in [0.25, 0.3) is 0 Å². The summed E-state index contributed by atoms with van der Waals surface area (Å²) in [6.07, 6.45) is 0. The van der Waals surface area contributed by atoms with E-state index in [0.29, 0.717) is 11.3 Å². The molecule has 0 heterocycles. The predicted octanol–water partition coefficient (Wildman–Crippen LogP) is 2.20. The van der Waals surface area contributed by atoms with E-state index in [9.17, 15) is 4.79 Å². The molecule has 3 N–H and O–H groups in total. The van der Waals surface area contributed by atoms with Gasteiger partial charge in [-0.05, 0) is 49.9 Å². The van der Waals surface area contributed by atoms with Crippen LogP contribution in [-0.2, 0) is 0 Å². The van der Waals surface area contributed by atoms with Gasteiger partial charge in [-0.2, -0.15) is 0 Å². The minimum absolute atomic E-state index is 0.384. The van der Waals surface area contributed by atoms with E-state index in [2.05, 4.69) is 0 Å². The van der Waals surface area contributed by atoms with E-state index in [0.717, 1.165) is 22.3 Å². The summed E-state index contributed by atoms with van der Waals surface area (Å²) < 4.78 is 0. The van der Waals surface area contributed by atoms with Gasteiger partial charge < -0.3 is 10.8 Å². The molecular weight excluding hydrogens is 178 g/mol. The third-order valence-corrected chi connectivity index (χ3v) is 2.90. The Morgan fingerprint density at radius 3 is 1.64 bits per heavy atom. The van der Waals surface area contributed by atoms with Crippen LogP contribution in [0.2, 0.25) is 0 Å². The van der Waals surface area contributed by atoms with Gasteiger partial charge in [0.15, 0.2) is 0 Å². The van der Waals surface area contributed by atoms with Gasteiger partial charge in [-0.15, -0.1) is 0 Å². The molecule has 1 rings (SSSR count). The smallest absolute Gasteiger partial charge is 0.336 e. The number of nitrogens with two attached hydrogens (primary N) is 1. The molecule has 0 radical (unpaired) electrons. The van der Waals surface area contributed by atoms with Crippen LogP contribution in [0.5, 0.6) is 0 Å². The van der Waals surface area contributed by atoms with Crippen LogP contribution >= 0.6 is 0 Å². The molecule has 14 heavy (non-hydrogen) atoms. The summed E-state index contributed by atoms with van der Waals surface area (Å²) in [4.78, 5) is 11.0. The van der Waals surface area contributed by atoms with E-state index in [1.165, 1.54) is 0 Å². The molecule has 1 aromatic rings. The fourth-order valence-electron chi connectivity index (χ4n) is 1.66. The van der Waals surface area contributed by atoms with Gasteiger partial charge in [0.05, 0.1) is 5.56 Å². The molecule has 0 spiro atoms. The Morgan fingerprint density at radius 2 is 1.36 bits per heavy atom. The molecule has 3 heteroatoms. The molecule has 0 aliphatic rings. The summed E-state index contributed by atoms with van der Waals surface area (Å²) in [5.74, 6) is -0.883. The van der Waals surface area contributed by atoms with Crippen molar-refractivity contribution in [3.8, 4) is 0 Å². The molecule has 0 amide bonds. The lowest BCUT2D eigenvalue weighted by Gasteiger charge is -2.15. The summed E-state index contributed by atoms with van der Waals surface area (Å²) in [7, 11) is 0. The number of carboxylic acids is 1. The Labute approximate surface area is 83.6 Å². The molecule has 76 valence electrons. The van der Waals surface area contributed by atoms with Crippen molar-refractivity contribution in [1.29, 1.82) is 0 Å². The number of hydrogen-bond acceptors (Lipinski definition) is 2. The molecule has 0 saturated heterocycles.